The first-order valence-electron chi connectivity index (χ1n) is 6.53. The summed E-state index contributed by atoms with van der Waals surface area (Å²) in [5.41, 5.74) is 7.77. The van der Waals surface area contributed by atoms with Crippen molar-refractivity contribution in [2.24, 2.45) is 5.73 Å². The third-order valence-corrected chi connectivity index (χ3v) is 2.93. The average molecular weight is 283 g/mol. The Bertz CT molecular complexity index is 754. The summed E-state index contributed by atoms with van der Waals surface area (Å²) in [4.78, 5) is 15.6. The maximum absolute atomic E-state index is 11.7. The van der Waals surface area contributed by atoms with Crippen LogP contribution in [0, 0.1) is 18.8 Å². The minimum absolute atomic E-state index is 0.272. The molecule has 0 aliphatic rings. The number of aromatic nitrogens is 2. The van der Waals surface area contributed by atoms with Crippen molar-refractivity contribution in [2.75, 3.05) is 13.7 Å². The van der Waals surface area contributed by atoms with Crippen molar-refractivity contribution in [3.05, 3.63) is 57.8 Å². The number of hydrogen-bond donors (Lipinski definition) is 1. The van der Waals surface area contributed by atoms with Crippen LogP contribution in [0.4, 0.5) is 0 Å². The topological polar surface area (TPSA) is 70.1 Å². The smallest absolute Gasteiger partial charge is 0.347 e. The van der Waals surface area contributed by atoms with Gasteiger partial charge >= 0.3 is 5.69 Å². The summed E-state index contributed by atoms with van der Waals surface area (Å²) < 4.78 is 6.83. The molecule has 0 saturated carbocycles. The van der Waals surface area contributed by atoms with Gasteiger partial charge in [-0.15, -0.1) is 0 Å². The lowest BCUT2D eigenvalue weighted by Gasteiger charge is -2.09. The first kappa shape index (κ1) is 14.8. The Hall–Kier alpha value is -2.58. The average Bonchev–Trinajstić information content (AvgIpc) is 2.49. The summed E-state index contributed by atoms with van der Waals surface area (Å²) in [7, 11) is 1.59. The quantitative estimate of drug-likeness (QED) is 0.850. The molecule has 0 fully saturated rings. The van der Waals surface area contributed by atoms with Gasteiger partial charge in [-0.3, -0.25) is 4.57 Å². The molecular weight excluding hydrogens is 266 g/mol. The van der Waals surface area contributed by atoms with Crippen LogP contribution in [0.15, 0.2) is 35.4 Å². The molecule has 2 N–H and O–H groups in total. The van der Waals surface area contributed by atoms with E-state index in [4.69, 9.17) is 10.5 Å². The molecule has 2 rings (SSSR count). The van der Waals surface area contributed by atoms with Crippen molar-refractivity contribution in [3.63, 3.8) is 0 Å². The van der Waals surface area contributed by atoms with Gasteiger partial charge in [0.15, 0.2) is 0 Å². The molecule has 0 bridgehead atoms. The molecule has 1 heterocycles. The van der Waals surface area contributed by atoms with Crippen LogP contribution in [0.2, 0.25) is 0 Å². The molecule has 0 atom stereocenters. The standard InChI is InChI=1S/C16H17N3O2/c1-12-9-18-16(20)19(10-12)11-13-5-6-15(21-2)14(8-13)4-3-7-17/h5-6,8-10H,7,11,17H2,1-2H3. The summed E-state index contributed by atoms with van der Waals surface area (Å²) in [5, 5.41) is 0. The van der Waals surface area contributed by atoms with Gasteiger partial charge in [-0.25, -0.2) is 9.78 Å². The minimum Gasteiger partial charge on any atom is -0.495 e. The number of methoxy groups -OCH3 is 1. The highest BCUT2D eigenvalue weighted by Crippen LogP contribution is 2.19. The Balaban J connectivity index is 2.36. The fourth-order valence-electron chi connectivity index (χ4n) is 1.97. The SMILES string of the molecule is COc1ccc(Cn2cc(C)cnc2=O)cc1C#CCN. The molecule has 0 saturated heterocycles. The zero-order chi connectivity index (χ0) is 15.2. The number of hydrogen-bond acceptors (Lipinski definition) is 4. The van der Waals surface area contributed by atoms with E-state index in [1.165, 1.54) is 0 Å². The molecule has 5 heteroatoms. The largest absolute Gasteiger partial charge is 0.495 e. The monoisotopic (exact) mass is 283 g/mol. The second kappa shape index (κ2) is 6.73. The highest BCUT2D eigenvalue weighted by molar-refractivity contribution is 5.48. The first-order valence-corrected chi connectivity index (χ1v) is 6.53. The fourth-order valence-corrected chi connectivity index (χ4v) is 1.97. The van der Waals surface area contributed by atoms with Crippen LogP contribution in [0.3, 0.4) is 0 Å². The van der Waals surface area contributed by atoms with Crippen molar-refractivity contribution >= 4 is 0 Å². The molecule has 108 valence electrons. The van der Waals surface area contributed by atoms with Crippen LogP contribution in [-0.2, 0) is 6.54 Å². The van der Waals surface area contributed by atoms with Crippen LogP contribution in [0.25, 0.3) is 0 Å². The molecule has 0 radical (unpaired) electrons. The molecular formula is C16H17N3O2. The van der Waals surface area contributed by atoms with E-state index < -0.39 is 0 Å². The third kappa shape index (κ3) is 3.71. The van der Waals surface area contributed by atoms with Gasteiger partial charge in [0.05, 0.1) is 25.8 Å². The van der Waals surface area contributed by atoms with Gasteiger partial charge in [-0.2, -0.15) is 0 Å². The van der Waals surface area contributed by atoms with E-state index in [0.717, 1.165) is 16.7 Å². The van der Waals surface area contributed by atoms with Gasteiger partial charge in [0, 0.05) is 12.4 Å². The van der Waals surface area contributed by atoms with E-state index in [1.54, 1.807) is 24.1 Å². The Morgan fingerprint density at radius 1 is 1.43 bits per heavy atom. The molecule has 1 aromatic heterocycles. The highest BCUT2D eigenvalue weighted by atomic mass is 16.5. The fraction of sp³-hybridized carbons (Fsp3) is 0.250. The number of rotatable bonds is 3. The molecule has 0 amide bonds. The lowest BCUT2D eigenvalue weighted by Crippen LogP contribution is -2.22. The zero-order valence-corrected chi connectivity index (χ0v) is 12.1. The van der Waals surface area contributed by atoms with E-state index in [-0.39, 0.29) is 12.2 Å². The number of benzene rings is 1. The molecule has 0 aliphatic heterocycles. The number of ether oxygens (including phenoxy) is 1. The molecule has 5 nitrogen and oxygen atoms in total. The normalized spacial score (nSPS) is 9.86. The van der Waals surface area contributed by atoms with Gasteiger partial charge in [0.1, 0.15) is 5.75 Å². The number of aryl methyl sites for hydroxylation is 1. The molecule has 1 aromatic carbocycles. The molecule has 2 aromatic rings. The third-order valence-electron chi connectivity index (χ3n) is 2.93. The maximum atomic E-state index is 11.7. The Labute approximate surface area is 123 Å². The predicted molar refractivity (Wildman–Crippen MR) is 81.3 cm³/mol. The highest BCUT2D eigenvalue weighted by Gasteiger charge is 2.04. The van der Waals surface area contributed by atoms with Gasteiger partial charge in [-0.1, -0.05) is 17.9 Å². The summed E-state index contributed by atoms with van der Waals surface area (Å²) in [5.74, 6) is 6.47. The van der Waals surface area contributed by atoms with Crippen LogP contribution >= 0.6 is 0 Å². The van der Waals surface area contributed by atoms with Gasteiger partial charge in [0.25, 0.3) is 0 Å². The van der Waals surface area contributed by atoms with Crippen molar-refractivity contribution in [3.8, 4) is 17.6 Å². The van der Waals surface area contributed by atoms with Crippen molar-refractivity contribution in [2.45, 2.75) is 13.5 Å². The van der Waals surface area contributed by atoms with Crippen LogP contribution in [0.1, 0.15) is 16.7 Å². The Kier molecular flexibility index (Phi) is 4.75. The predicted octanol–water partition coefficient (Wildman–Crippen LogP) is 0.919. The summed E-state index contributed by atoms with van der Waals surface area (Å²) in [6.45, 7) is 2.62. The van der Waals surface area contributed by atoms with Gasteiger partial charge < -0.3 is 10.5 Å². The Morgan fingerprint density at radius 2 is 2.24 bits per heavy atom. The zero-order valence-electron chi connectivity index (χ0n) is 12.1. The lowest BCUT2D eigenvalue weighted by atomic mass is 10.1. The van der Waals surface area contributed by atoms with Crippen LogP contribution in [-0.4, -0.2) is 23.2 Å². The van der Waals surface area contributed by atoms with Crippen molar-refractivity contribution in [1.29, 1.82) is 0 Å². The molecule has 0 unspecified atom stereocenters. The summed E-state index contributed by atoms with van der Waals surface area (Å²) >= 11 is 0. The summed E-state index contributed by atoms with van der Waals surface area (Å²) in [6.07, 6.45) is 3.34. The first-order chi connectivity index (χ1) is 10.1. The van der Waals surface area contributed by atoms with E-state index in [9.17, 15) is 4.79 Å². The second-order valence-corrected chi connectivity index (χ2v) is 4.58. The van der Waals surface area contributed by atoms with Gasteiger partial charge in [-0.05, 0) is 30.2 Å². The van der Waals surface area contributed by atoms with E-state index in [1.807, 2.05) is 25.1 Å². The second-order valence-electron chi connectivity index (χ2n) is 4.58. The van der Waals surface area contributed by atoms with E-state index >= 15 is 0 Å². The van der Waals surface area contributed by atoms with E-state index in [0.29, 0.717) is 12.3 Å². The van der Waals surface area contributed by atoms with Crippen LogP contribution < -0.4 is 16.2 Å². The summed E-state index contributed by atoms with van der Waals surface area (Å²) in [6, 6.07) is 5.64. The number of nitrogens with zero attached hydrogens (tertiary/aromatic N) is 2. The number of nitrogens with two attached hydrogens (primary N) is 1. The molecule has 0 spiro atoms. The van der Waals surface area contributed by atoms with Crippen LogP contribution in [0.5, 0.6) is 5.75 Å². The Morgan fingerprint density at radius 3 is 2.95 bits per heavy atom. The van der Waals surface area contributed by atoms with Gasteiger partial charge in [0.2, 0.25) is 0 Å². The molecule has 0 aliphatic carbocycles. The van der Waals surface area contributed by atoms with E-state index in [2.05, 4.69) is 16.8 Å². The minimum atomic E-state index is -0.272. The molecule has 21 heavy (non-hydrogen) atoms. The maximum Gasteiger partial charge on any atom is 0.347 e. The van der Waals surface area contributed by atoms with Crippen molar-refractivity contribution in [1.82, 2.24) is 9.55 Å². The van der Waals surface area contributed by atoms with Crippen molar-refractivity contribution < 1.29 is 4.74 Å². The lowest BCUT2D eigenvalue weighted by molar-refractivity contribution is 0.413.